The van der Waals surface area contributed by atoms with E-state index in [4.69, 9.17) is 0 Å². The van der Waals surface area contributed by atoms with Gasteiger partial charge in [0, 0.05) is 6.04 Å². The first-order valence-corrected chi connectivity index (χ1v) is 7.11. The van der Waals surface area contributed by atoms with Gasteiger partial charge in [-0.2, -0.15) is 0 Å². The first kappa shape index (κ1) is 13.9. The van der Waals surface area contributed by atoms with Gasteiger partial charge in [-0.05, 0) is 19.4 Å². The summed E-state index contributed by atoms with van der Waals surface area (Å²) in [6.07, 6.45) is 1.94. The third-order valence-corrected chi connectivity index (χ3v) is 4.17. The van der Waals surface area contributed by atoms with Crippen molar-refractivity contribution in [2.45, 2.75) is 39.7 Å². The topological polar surface area (TPSA) is 46.2 Å². The number of hydrogen-bond acceptors (Lipinski definition) is 3. The van der Waals surface area contributed by atoms with Crippen molar-refractivity contribution in [3.05, 3.63) is 0 Å². The van der Waals surface area contributed by atoms with Gasteiger partial charge in [0.15, 0.2) is 9.84 Å². The average Bonchev–Trinajstić information content (AvgIpc) is 2.00. The molecule has 0 fully saturated rings. The number of sulfone groups is 1. The van der Waals surface area contributed by atoms with Crippen LogP contribution >= 0.6 is 0 Å². The Balaban J connectivity index is 4.18. The van der Waals surface area contributed by atoms with Crippen LogP contribution in [0, 0.1) is 5.92 Å². The molecule has 0 saturated carbocycles. The van der Waals surface area contributed by atoms with Crippen LogP contribution in [0.3, 0.4) is 0 Å². The summed E-state index contributed by atoms with van der Waals surface area (Å²) in [5, 5.41) is 3.05. The molecule has 1 unspecified atom stereocenters. The van der Waals surface area contributed by atoms with Crippen molar-refractivity contribution >= 4 is 9.84 Å². The molecule has 1 N–H and O–H groups in total. The molecular formula is C10H23NO2S. The minimum absolute atomic E-state index is 0.115. The molecule has 0 bridgehead atoms. The predicted octanol–water partition coefficient (Wildman–Crippen LogP) is 1.45. The Hall–Kier alpha value is -0.0900. The van der Waals surface area contributed by atoms with E-state index in [0.29, 0.717) is 5.75 Å². The Morgan fingerprint density at radius 3 is 2.14 bits per heavy atom. The molecule has 0 amide bonds. The second-order valence-corrected chi connectivity index (χ2v) is 6.40. The van der Waals surface area contributed by atoms with Gasteiger partial charge < -0.3 is 5.32 Å². The van der Waals surface area contributed by atoms with Crippen molar-refractivity contribution in [3.8, 4) is 0 Å². The lowest BCUT2D eigenvalue weighted by molar-refractivity contribution is 0.531. The van der Waals surface area contributed by atoms with Gasteiger partial charge >= 0.3 is 0 Å². The zero-order valence-corrected chi connectivity index (χ0v) is 10.5. The Morgan fingerprint density at radius 2 is 1.79 bits per heavy atom. The molecule has 0 rings (SSSR count). The predicted molar refractivity (Wildman–Crippen MR) is 61.2 cm³/mol. The zero-order chi connectivity index (χ0) is 11.2. The molecule has 0 aliphatic carbocycles. The van der Waals surface area contributed by atoms with Gasteiger partial charge in [0.1, 0.15) is 0 Å². The van der Waals surface area contributed by atoms with Gasteiger partial charge in [-0.3, -0.25) is 0 Å². The second-order valence-electron chi connectivity index (χ2n) is 4.25. The van der Waals surface area contributed by atoms with Gasteiger partial charge in [-0.25, -0.2) is 8.42 Å². The van der Waals surface area contributed by atoms with Gasteiger partial charge in [0.25, 0.3) is 0 Å². The number of hydrogen-bond donors (Lipinski definition) is 1. The fourth-order valence-corrected chi connectivity index (χ4v) is 3.64. The van der Waals surface area contributed by atoms with Crippen LogP contribution in [-0.2, 0) is 9.84 Å². The van der Waals surface area contributed by atoms with Gasteiger partial charge in [0.05, 0.1) is 11.5 Å². The lowest BCUT2D eigenvalue weighted by atomic mass is 10.2. The summed E-state index contributed by atoms with van der Waals surface area (Å²) in [6, 6.07) is 0.115. The van der Waals surface area contributed by atoms with Gasteiger partial charge in [-0.1, -0.05) is 27.2 Å². The highest BCUT2D eigenvalue weighted by molar-refractivity contribution is 7.91. The molecule has 0 aliphatic heterocycles. The van der Waals surface area contributed by atoms with Crippen LogP contribution in [0.1, 0.15) is 33.6 Å². The summed E-state index contributed by atoms with van der Waals surface area (Å²) in [6.45, 7) is 5.94. The van der Waals surface area contributed by atoms with Crippen molar-refractivity contribution in [2.24, 2.45) is 5.92 Å². The van der Waals surface area contributed by atoms with Crippen molar-refractivity contribution in [2.75, 3.05) is 18.6 Å². The highest BCUT2D eigenvalue weighted by atomic mass is 32.2. The van der Waals surface area contributed by atoms with Crippen LogP contribution in [0.2, 0.25) is 0 Å². The fourth-order valence-electron chi connectivity index (χ4n) is 1.54. The maximum atomic E-state index is 11.6. The van der Waals surface area contributed by atoms with E-state index in [0.717, 1.165) is 12.8 Å². The molecule has 1 atom stereocenters. The lowest BCUT2D eigenvalue weighted by Gasteiger charge is -2.16. The standard InChI is InChI=1S/C10H23NO2S/c1-5-6-10(11-4)8-14(12,13)7-9(2)3/h9-11H,5-8H2,1-4H3. The highest BCUT2D eigenvalue weighted by Gasteiger charge is 2.18. The van der Waals surface area contributed by atoms with E-state index in [2.05, 4.69) is 12.2 Å². The molecule has 0 aromatic carbocycles. The second kappa shape index (κ2) is 6.40. The SMILES string of the molecule is CCCC(CS(=O)(=O)CC(C)C)NC. The average molecular weight is 221 g/mol. The molecule has 0 spiro atoms. The smallest absolute Gasteiger partial charge is 0.152 e. The molecule has 3 nitrogen and oxygen atoms in total. The van der Waals surface area contributed by atoms with E-state index < -0.39 is 9.84 Å². The Kier molecular flexibility index (Phi) is 6.36. The minimum Gasteiger partial charge on any atom is -0.316 e. The van der Waals surface area contributed by atoms with E-state index in [9.17, 15) is 8.42 Å². The molecule has 0 saturated heterocycles. The molecule has 0 aromatic rings. The molecule has 0 aromatic heterocycles. The van der Waals surface area contributed by atoms with Crippen LogP contribution < -0.4 is 5.32 Å². The fraction of sp³-hybridized carbons (Fsp3) is 1.00. The molecule has 86 valence electrons. The normalized spacial score (nSPS) is 14.6. The van der Waals surface area contributed by atoms with Crippen LogP contribution in [-0.4, -0.2) is 33.0 Å². The van der Waals surface area contributed by atoms with E-state index in [1.165, 1.54) is 0 Å². The Labute approximate surface area is 88.2 Å². The van der Waals surface area contributed by atoms with Crippen molar-refractivity contribution in [1.29, 1.82) is 0 Å². The first-order chi connectivity index (χ1) is 6.41. The monoisotopic (exact) mass is 221 g/mol. The van der Waals surface area contributed by atoms with Crippen LogP contribution in [0.15, 0.2) is 0 Å². The molecular weight excluding hydrogens is 198 g/mol. The van der Waals surface area contributed by atoms with Crippen LogP contribution in [0.4, 0.5) is 0 Å². The van der Waals surface area contributed by atoms with Gasteiger partial charge in [0.2, 0.25) is 0 Å². The zero-order valence-electron chi connectivity index (χ0n) is 9.71. The largest absolute Gasteiger partial charge is 0.316 e. The quantitative estimate of drug-likeness (QED) is 0.707. The maximum Gasteiger partial charge on any atom is 0.152 e. The van der Waals surface area contributed by atoms with Crippen LogP contribution in [0.25, 0.3) is 0 Å². The van der Waals surface area contributed by atoms with Crippen molar-refractivity contribution < 1.29 is 8.42 Å². The number of rotatable bonds is 7. The lowest BCUT2D eigenvalue weighted by Crippen LogP contribution is -2.34. The minimum atomic E-state index is -2.88. The highest BCUT2D eigenvalue weighted by Crippen LogP contribution is 2.05. The Bertz CT molecular complexity index is 235. The molecule has 14 heavy (non-hydrogen) atoms. The van der Waals surface area contributed by atoms with Crippen molar-refractivity contribution in [3.63, 3.8) is 0 Å². The van der Waals surface area contributed by atoms with Gasteiger partial charge in [-0.15, -0.1) is 0 Å². The summed E-state index contributed by atoms with van der Waals surface area (Å²) < 4.78 is 23.3. The summed E-state index contributed by atoms with van der Waals surface area (Å²) in [5.74, 6) is 0.795. The summed E-state index contributed by atoms with van der Waals surface area (Å²) in [5.41, 5.74) is 0. The first-order valence-electron chi connectivity index (χ1n) is 5.29. The molecule has 0 aliphatic rings. The summed E-state index contributed by atoms with van der Waals surface area (Å²) in [4.78, 5) is 0. The molecule has 0 heterocycles. The van der Waals surface area contributed by atoms with Crippen molar-refractivity contribution in [1.82, 2.24) is 5.32 Å². The maximum absolute atomic E-state index is 11.6. The van der Waals surface area contributed by atoms with E-state index >= 15 is 0 Å². The van der Waals surface area contributed by atoms with E-state index in [1.54, 1.807) is 0 Å². The van der Waals surface area contributed by atoms with E-state index in [-0.39, 0.29) is 17.7 Å². The third-order valence-electron chi connectivity index (χ3n) is 2.09. The van der Waals surface area contributed by atoms with Crippen LogP contribution in [0.5, 0.6) is 0 Å². The molecule has 0 radical (unpaired) electrons. The van der Waals surface area contributed by atoms with E-state index in [1.807, 2.05) is 20.9 Å². The summed E-state index contributed by atoms with van der Waals surface area (Å²) in [7, 11) is -1.05. The summed E-state index contributed by atoms with van der Waals surface area (Å²) >= 11 is 0. The third kappa shape index (κ3) is 6.38. The number of nitrogens with one attached hydrogen (secondary N) is 1. The molecule has 4 heteroatoms. The Morgan fingerprint density at radius 1 is 1.21 bits per heavy atom.